The molecule has 0 aliphatic carbocycles. The molecule has 0 spiro atoms. The molecular weight excluding hydrogens is 424 g/mol. The first-order valence-corrected chi connectivity index (χ1v) is 11.3. The molecule has 29 heavy (non-hydrogen) atoms. The Labute approximate surface area is 182 Å². The van der Waals surface area contributed by atoms with Crippen LogP contribution in [-0.4, -0.2) is 33.5 Å². The molecule has 4 nitrogen and oxygen atoms in total. The van der Waals surface area contributed by atoms with Crippen molar-refractivity contribution in [1.29, 1.82) is 0 Å². The van der Waals surface area contributed by atoms with Crippen molar-refractivity contribution in [2.75, 3.05) is 0 Å². The molecule has 2 aromatic heterocycles. The van der Waals surface area contributed by atoms with E-state index in [1.54, 1.807) is 0 Å². The summed E-state index contributed by atoms with van der Waals surface area (Å²) < 4.78 is 1.01. The van der Waals surface area contributed by atoms with Crippen molar-refractivity contribution in [3.05, 3.63) is 58.1 Å². The van der Waals surface area contributed by atoms with Gasteiger partial charge < -0.3 is 9.97 Å². The predicted octanol–water partition coefficient (Wildman–Crippen LogP) is 6.19. The topological polar surface area (TPSA) is 56.3 Å². The van der Waals surface area contributed by atoms with Crippen LogP contribution in [0.25, 0.3) is 0 Å². The van der Waals surface area contributed by atoms with Gasteiger partial charge in [0.05, 0.1) is 16.7 Å². The molecule has 4 atom stereocenters. The molecule has 0 radical (unpaired) electrons. The lowest BCUT2D eigenvalue weighted by molar-refractivity contribution is 0.320. The minimum Gasteiger partial charge on any atom is -0.362 e. The lowest BCUT2D eigenvalue weighted by Crippen LogP contribution is -2.25. The molecule has 154 valence electrons. The monoisotopic (exact) mass is 454 g/mol. The maximum Gasteiger partial charge on any atom is 0.0822 e. The number of rotatable bonds is 6. The Morgan fingerprint density at radius 2 is 1.86 bits per heavy atom. The highest BCUT2D eigenvalue weighted by Crippen LogP contribution is 2.36. The molecule has 0 aromatic carbocycles. The minimum absolute atomic E-state index is 0.181. The van der Waals surface area contributed by atoms with Crippen molar-refractivity contribution in [3.63, 3.8) is 0 Å². The smallest absolute Gasteiger partial charge is 0.0822 e. The second-order valence-electron chi connectivity index (χ2n) is 9.36. The number of hydrogen-bond donors (Lipinski definition) is 2. The molecule has 2 aliphatic heterocycles. The third-order valence-corrected chi connectivity index (χ3v) is 6.98. The molecule has 0 saturated heterocycles. The molecule has 4 rings (SSSR count). The maximum absolute atomic E-state index is 5.02. The van der Waals surface area contributed by atoms with Crippen LogP contribution in [0.2, 0.25) is 0 Å². The van der Waals surface area contributed by atoms with E-state index < -0.39 is 0 Å². The van der Waals surface area contributed by atoms with Crippen LogP contribution in [-0.2, 0) is 6.42 Å². The third-order valence-electron chi connectivity index (χ3n) is 6.52. The molecule has 4 unspecified atom stereocenters. The van der Waals surface area contributed by atoms with Crippen LogP contribution in [0, 0.1) is 5.41 Å². The van der Waals surface area contributed by atoms with Crippen LogP contribution in [0.4, 0.5) is 0 Å². The summed E-state index contributed by atoms with van der Waals surface area (Å²) in [5.74, 6) is 0.585. The van der Waals surface area contributed by atoms with E-state index in [1.807, 2.05) is 6.07 Å². The Bertz CT molecular complexity index is 975. The third kappa shape index (κ3) is 4.20. The van der Waals surface area contributed by atoms with Crippen LogP contribution >= 0.6 is 15.9 Å². The Balaban J connectivity index is 1.44. The number of halogens is 1. The molecule has 0 saturated carbocycles. The lowest BCUT2D eigenvalue weighted by Gasteiger charge is -2.25. The quantitative estimate of drug-likeness (QED) is 0.522. The largest absolute Gasteiger partial charge is 0.362 e. The zero-order chi connectivity index (χ0) is 20.8. The minimum atomic E-state index is 0.181. The van der Waals surface area contributed by atoms with Gasteiger partial charge in [0.25, 0.3) is 0 Å². The van der Waals surface area contributed by atoms with Gasteiger partial charge in [0.1, 0.15) is 0 Å². The van der Waals surface area contributed by atoms with Gasteiger partial charge in [-0.3, -0.25) is 9.98 Å². The van der Waals surface area contributed by atoms with E-state index in [9.17, 15) is 0 Å². The molecule has 5 heteroatoms. The van der Waals surface area contributed by atoms with Gasteiger partial charge in [-0.15, -0.1) is 0 Å². The van der Waals surface area contributed by atoms with Gasteiger partial charge in [-0.1, -0.05) is 33.8 Å². The van der Waals surface area contributed by atoms with Crippen LogP contribution in [0.1, 0.15) is 70.0 Å². The highest BCUT2D eigenvalue weighted by molar-refractivity contribution is 9.10. The highest BCUT2D eigenvalue weighted by Gasteiger charge is 2.35. The second kappa shape index (κ2) is 7.75. The van der Waals surface area contributed by atoms with Crippen molar-refractivity contribution in [3.8, 4) is 0 Å². The summed E-state index contributed by atoms with van der Waals surface area (Å²) in [6.07, 6.45) is 6.50. The van der Waals surface area contributed by atoms with E-state index in [2.05, 4.69) is 90.9 Å². The molecule has 4 heterocycles. The zero-order valence-corrected chi connectivity index (χ0v) is 19.5. The van der Waals surface area contributed by atoms with Gasteiger partial charge in [0.15, 0.2) is 0 Å². The van der Waals surface area contributed by atoms with E-state index in [0.717, 1.165) is 23.2 Å². The fourth-order valence-electron chi connectivity index (χ4n) is 4.61. The van der Waals surface area contributed by atoms with Gasteiger partial charge in [0.2, 0.25) is 0 Å². The molecule has 2 N–H and O–H groups in total. The lowest BCUT2D eigenvalue weighted by atomic mass is 9.81. The van der Waals surface area contributed by atoms with E-state index in [0.29, 0.717) is 12.0 Å². The highest BCUT2D eigenvalue weighted by atomic mass is 79.9. The van der Waals surface area contributed by atoms with Crippen molar-refractivity contribution in [2.45, 2.75) is 71.4 Å². The Morgan fingerprint density at radius 1 is 1.10 bits per heavy atom. The number of aliphatic imine (C=N–C) groups is 2. The normalized spacial score (nSPS) is 25.2. The molecule has 2 aromatic rings. The molecular formula is C24H31BrN4. The summed E-state index contributed by atoms with van der Waals surface area (Å²) in [6.45, 7) is 11.3. The van der Waals surface area contributed by atoms with Crippen molar-refractivity contribution in [1.82, 2.24) is 9.97 Å². The first-order chi connectivity index (χ1) is 13.7. The molecule has 0 bridgehead atoms. The number of hydrogen-bond acceptors (Lipinski definition) is 2. The van der Waals surface area contributed by atoms with Gasteiger partial charge >= 0.3 is 0 Å². The summed E-state index contributed by atoms with van der Waals surface area (Å²) in [4.78, 5) is 16.9. The van der Waals surface area contributed by atoms with Crippen LogP contribution in [0.15, 0.2) is 51.0 Å². The Morgan fingerprint density at radius 3 is 2.52 bits per heavy atom. The number of aromatic nitrogens is 2. The van der Waals surface area contributed by atoms with Crippen LogP contribution in [0.3, 0.4) is 0 Å². The number of H-pyrrole nitrogens is 2. The Kier molecular flexibility index (Phi) is 5.45. The first kappa shape index (κ1) is 20.4. The Hall–Kier alpha value is -1.88. The summed E-state index contributed by atoms with van der Waals surface area (Å²) in [7, 11) is 0. The maximum atomic E-state index is 5.02. The second-order valence-corrected chi connectivity index (χ2v) is 10.2. The zero-order valence-electron chi connectivity index (χ0n) is 18.0. The van der Waals surface area contributed by atoms with Crippen LogP contribution in [0.5, 0.6) is 0 Å². The molecule has 0 fully saturated rings. The number of nitrogens with one attached hydrogen (secondary N) is 2. The number of nitrogens with zero attached hydrogens (tertiary/aromatic N) is 2. The number of aromatic amines is 2. The fraction of sp³-hybridized carbons (Fsp3) is 0.500. The predicted molar refractivity (Wildman–Crippen MR) is 125 cm³/mol. The van der Waals surface area contributed by atoms with E-state index in [-0.39, 0.29) is 17.4 Å². The standard InChI is InChI=1S/C24H31BrN4/c1-14-13-24(4,5)22(26-14)12-17-6-7-18(27-17)15(2)19-8-9-20(28-19)16(3)21-10-11-23(25)29-21/h6-11,15-16,19,22,27,29H,12-13H2,1-5H3. The van der Waals surface area contributed by atoms with Crippen LogP contribution < -0.4 is 0 Å². The van der Waals surface area contributed by atoms with Crippen molar-refractivity contribution < 1.29 is 0 Å². The number of allylic oxidation sites excluding steroid dienone is 1. The summed E-state index contributed by atoms with van der Waals surface area (Å²) >= 11 is 3.49. The van der Waals surface area contributed by atoms with Crippen molar-refractivity contribution in [2.24, 2.45) is 15.4 Å². The van der Waals surface area contributed by atoms with Gasteiger partial charge in [-0.05, 0) is 65.0 Å². The van der Waals surface area contributed by atoms with E-state index in [4.69, 9.17) is 9.98 Å². The van der Waals surface area contributed by atoms with Gasteiger partial charge in [0, 0.05) is 46.8 Å². The average Bonchev–Trinajstić information content (AvgIpc) is 3.42. The van der Waals surface area contributed by atoms with E-state index >= 15 is 0 Å². The summed E-state index contributed by atoms with van der Waals surface area (Å²) in [5, 5.41) is 0. The summed E-state index contributed by atoms with van der Waals surface area (Å²) in [5.41, 5.74) is 6.38. The average molecular weight is 455 g/mol. The van der Waals surface area contributed by atoms with E-state index in [1.165, 1.54) is 22.8 Å². The summed E-state index contributed by atoms with van der Waals surface area (Å²) in [6, 6.07) is 9.16. The molecule has 2 aliphatic rings. The van der Waals surface area contributed by atoms with Gasteiger partial charge in [-0.2, -0.15) is 0 Å². The van der Waals surface area contributed by atoms with Crippen molar-refractivity contribution >= 4 is 27.4 Å². The SMILES string of the molecule is CC1=NC(Cc2ccc(C(C)C3C=CC(C(C)c4ccc(Br)[nH]4)=N3)[nH]2)C(C)(C)C1. The van der Waals surface area contributed by atoms with Gasteiger partial charge in [-0.25, -0.2) is 0 Å². The fourth-order valence-corrected chi connectivity index (χ4v) is 4.97. The first-order valence-electron chi connectivity index (χ1n) is 10.5. The molecule has 0 amide bonds.